The number of likely N-dealkylation sites (tertiary alicyclic amines) is 1. The number of nitrogens with zero attached hydrogens (tertiary/aromatic N) is 6. The van der Waals surface area contributed by atoms with E-state index in [9.17, 15) is 4.79 Å². The second-order valence-corrected chi connectivity index (χ2v) is 8.81. The van der Waals surface area contributed by atoms with Crippen LogP contribution in [0.2, 0.25) is 0 Å². The van der Waals surface area contributed by atoms with Crippen LogP contribution in [0, 0.1) is 6.92 Å². The summed E-state index contributed by atoms with van der Waals surface area (Å²) in [5.41, 5.74) is 3.19. The number of allylic oxidation sites excluding steroid dienone is 4. The molecule has 1 atom stereocenters. The molecule has 0 bridgehead atoms. The van der Waals surface area contributed by atoms with Crippen LogP contribution in [-0.2, 0) is 9.47 Å². The number of hydrogen-bond acceptors (Lipinski definition) is 8. The van der Waals surface area contributed by atoms with Crippen LogP contribution in [0.4, 0.5) is 0 Å². The van der Waals surface area contributed by atoms with E-state index in [1.807, 2.05) is 37.3 Å². The molecule has 1 aliphatic carbocycles. The molecule has 10 nitrogen and oxygen atoms in total. The van der Waals surface area contributed by atoms with Gasteiger partial charge in [0.25, 0.3) is 5.91 Å². The third-order valence-electron chi connectivity index (χ3n) is 6.39. The van der Waals surface area contributed by atoms with E-state index in [2.05, 4.69) is 26.4 Å². The van der Waals surface area contributed by atoms with Gasteiger partial charge >= 0.3 is 0 Å². The molecule has 10 heteroatoms. The Hall–Kier alpha value is -4.47. The summed E-state index contributed by atoms with van der Waals surface area (Å²) >= 11 is 0. The first-order valence-electron chi connectivity index (χ1n) is 11.9. The lowest BCUT2D eigenvalue weighted by atomic mass is 10.0. The van der Waals surface area contributed by atoms with Gasteiger partial charge in [-0.05, 0) is 50.3 Å². The Morgan fingerprint density at radius 1 is 1.11 bits per heavy atom. The zero-order valence-electron chi connectivity index (χ0n) is 19.7. The van der Waals surface area contributed by atoms with Crippen LogP contribution in [0.15, 0.2) is 77.2 Å². The van der Waals surface area contributed by atoms with E-state index in [1.54, 1.807) is 23.6 Å². The monoisotopic (exact) mass is 484 g/mol. The van der Waals surface area contributed by atoms with Crippen LogP contribution in [0.1, 0.15) is 59.4 Å². The van der Waals surface area contributed by atoms with E-state index in [0.717, 1.165) is 36.8 Å². The Kier molecular flexibility index (Phi) is 5.68. The van der Waals surface area contributed by atoms with E-state index in [-0.39, 0.29) is 17.8 Å². The van der Waals surface area contributed by atoms with Crippen molar-refractivity contribution < 1.29 is 18.8 Å². The number of rotatable bonds is 5. The maximum absolute atomic E-state index is 13.7. The van der Waals surface area contributed by atoms with Crippen molar-refractivity contribution in [1.82, 2.24) is 30.0 Å². The molecule has 0 spiro atoms. The summed E-state index contributed by atoms with van der Waals surface area (Å²) in [6, 6.07) is 5.30. The number of hydrogen-bond donors (Lipinski definition) is 0. The smallest absolute Gasteiger partial charge is 0.256 e. The summed E-state index contributed by atoms with van der Waals surface area (Å²) < 4.78 is 17.1. The van der Waals surface area contributed by atoms with Gasteiger partial charge in [-0.25, -0.2) is 0 Å². The van der Waals surface area contributed by atoms with Crippen molar-refractivity contribution in [3.05, 3.63) is 95.5 Å². The number of aryl methyl sites for hydroxylation is 1. The molecule has 1 saturated heterocycles. The van der Waals surface area contributed by atoms with Crippen LogP contribution in [0.5, 0.6) is 0 Å². The maximum atomic E-state index is 13.7. The number of amides is 1. The number of carbonyl (C=O) groups is 1. The van der Waals surface area contributed by atoms with Gasteiger partial charge < -0.3 is 18.9 Å². The van der Waals surface area contributed by atoms with Gasteiger partial charge in [-0.2, -0.15) is 20.0 Å². The lowest BCUT2D eigenvalue weighted by Crippen LogP contribution is -2.31. The van der Waals surface area contributed by atoms with Crippen LogP contribution in [0.25, 0.3) is 11.4 Å². The highest BCUT2D eigenvalue weighted by Gasteiger charge is 2.36. The molecule has 0 saturated carbocycles. The molecule has 3 aliphatic rings. The fourth-order valence-electron chi connectivity index (χ4n) is 4.58. The van der Waals surface area contributed by atoms with E-state index >= 15 is 0 Å². The van der Waals surface area contributed by atoms with Gasteiger partial charge in [0.15, 0.2) is 5.76 Å². The second kappa shape index (κ2) is 9.29. The van der Waals surface area contributed by atoms with Crippen LogP contribution in [0.3, 0.4) is 0 Å². The molecule has 36 heavy (non-hydrogen) atoms. The van der Waals surface area contributed by atoms with Crippen molar-refractivity contribution in [2.75, 3.05) is 6.54 Å². The van der Waals surface area contributed by atoms with Gasteiger partial charge in [-0.15, -0.1) is 0 Å². The van der Waals surface area contributed by atoms with E-state index in [4.69, 9.17) is 14.0 Å². The SMILES string of the molecule is Cc1ccc(-n2nccn2)c(C(=O)N2CCC[C@H]2c2nc(C3=COC(C4=CC=CCC4)=CO3)no2)c1. The largest absolute Gasteiger partial charge is 0.457 e. The number of carbonyl (C=O) groups excluding carboxylic acids is 1. The number of benzene rings is 1. The summed E-state index contributed by atoms with van der Waals surface area (Å²) in [5.74, 6) is 1.52. The van der Waals surface area contributed by atoms with E-state index in [0.29, 0.717) is 35.2 Å². The lowest BCUT2D eigenvalue weighted by Gasteiger charge is -2.23. The normalized spacial score (nSPS) is 19.3. The zero-order valence-corrected chi connectivity index (χ0v) is 19.7. The molecule has 1 amide bonds. The topological polar surface area (TPSA) is 108 Å². The first-order valence-corrected chi connectivity index (χ1v) is 11.9. The third kappa shape index (κ3) is 4.10. The molecule has 0 unspecified atom stereocenters. The molecule has 0 radical (unpaired) electrons. The Bertz CT molecular complexity index is 1420. The minimum absolute atomic E-state index is 0.132. The summed E-state index contributed by atoms with van der Waals surface area (Å²) in [6.07, 6.45) is 15.7. The van der Waals surface area contributed by atoms with Gasteiger partial charge in [0.2, 0.25) is 17.5 Å². The van der Waals surface area contributed by atoms with Gasteiger partial charge in [-0.3, -0.25) is 4.79 Å². The molecule has 0 N–H and O–H groups in total. The first kappa shape index (κ1) is 22.0. The Morgan fingerprint density at radius 2 is 1.94 bits per heavy atom. The quantitative estimate of drug-likeness (QED) is 0.524. The van der Waals surface area contributed by atoms with E-state index < -0.39 is 0 Å². The van der Waals surface area contributed by atoms with Crippen LogP contribution >= 0.6 is 0 Å². The first-order chi connectivity index (χ1) is 17.7. The maximum Gasteiger partial charge on any atom is 0.256 e. The molecule has 4 heterocycles. The molecule has 6 rings (SSSR count). The minimum atomic E-state index is -0.340. The average molecular weight is 485 g/mol. The molecule has 3 aromatic rings. The Labute approximate surface area is 207 Å². The number of ether oxygens (including phenoxy) is 2. The van der Waals surface area contributed by atoms with Crippen LogP contribution in [-0.4, -0.2) is 42.5 Å². The van der Waals surface area contributed by atoms with Gasteiger partial charge in [0.1, 0.15) is 18.6 Å². The molecular formula is C26H24N6O4. The molecule has 1 aromatic carbocycles. The second-order valence-electron chi connectivity index (χ2n) is 8.81. The Balaban J connectivity index is 1.21. The van der Waals surface area contributed by atoms with Crippen molar-refractivity contribution in [3.8, 4) is 5.69 Å². The highest BCUT2D eigenvalue weighted by molar-refractivity contribution is 5.98. The van der Waals surface area contributed by atoms with Gasteiger partial charge in [-0.1, -0.05) is 35.0 Å². The standard InChI is InChI=1S/C26H24N6O4/c1-17-9-10-20(32-27-11-12-28-32)19(14-17)26(33)31-13-5-8-21(31)25-29-24(30-36-25)23-16-34-22(15-35-23)18-6-3-2-4-7-18/h2-3,6,9-12,14-16,21H,4-5,7-8,13H2,1H3/t21-/m0/s1. The molecule has 182 valence electrons. The highest BCUT2D eigenvalue weighted by Crippen LogP contribution is 2.34. The van der Waals surface area contributed by atoms with Crippen LogP contribution < -0.4 is 0 Å². The van der Waals surface area contributed by atoms with E-state index in [1.165, 1.54) is 11.1 Å². The predicted molar refractivity (Wildman–Crippen MR) is 128 cm³/mol. The van der Waals surface area contributed by atoms with Crippen molar-refractivity contribution in [2.45, 2.75) is 38.6 Å². The van der Waals surface area contributed by atoms with Crippen molar-refractivity contribution in [1.29, 1.82) is 0 Å². The van der Waals surface area contributed by atoms with Crippen molar-refractivity contribution >= 4 is 11.7 Å². The zero-order chi connectivity index (χ0) is 24.5. The summed E-state index contributed by atoms with van der Waals surface area (Å²) in [5, 5.41) is 12.5. The summed E-state index contributed by atoms with van der Waals surface area (Å²) in [4.78, 5) is 21.5. The highest BCUT2D eigenvalue weighted by atomic mass is 16.5. The molecule has 1 fully saturated rings. The summed E-state index contributed by atoms with van der Waals surface area (Å²) in [6.45, 7) is 2.53. The minimum Gasteiger partial charge on any atom is -0.457 e. The lowest BCUT2D eigenvalue weighted by molar-refractivity contribution is 0.0709. The molecular weight excluding hydrogens is 460 g/mol. The van der Waals surface area contributed by atoms with Crippen molar-refractivity contribution in [2.24, 2.45) is 0 Å². The van der Waals surface area contributed by atoms with Gasteiger partial charge in [0, 0.05) is 6.54 Å². The fraction of sp³-hybridized carbons (Fsp3) is 0.269. The molecule has 2 aromatic heterocycles. The predicted octanol–water partition coefficient (Wildman–Crippen LogP) is 4.40. The fourth-order valence-corrected chi connectivity index (χ4v) is 4.58. The Morgan fingerprint density at radius 3 is 2.72 bits per heavy atom. The number of aromatic nitrogens is 5. The molecule has 2 aliphatic heterocycles. The third-order valence-corrected chi connectivity index (χ3v) is 6.39. The average Bonchev–Trinajstić information content (AvgIpc) is 3.70. The van der Waals surface area contributed by atoms with Gasteiger partial charge in [0.05, 0.1) is 23.6 Å². The summed E-state index contributed by atoms with van der Waals surface area (Å²) in [7, 11) is 0. The van der Waals surface area contributed by atoms with Crippen molar-refractivity contribution in [3.63, 3.8) is 0 Å².